The lowest BCUT2D eigenvalue weighted by Crippen LogP contribution is -1.98. The van der Waals surface area contributed by atoms with E-state index in [1.807, 2.05) is 91.0 Å². The molecule has 0 heterocycles. The Balaban J connectivity index is 1.85. The quantitative estimate of drug-likeness (QED) is 0.379. The summed E-state index contributed by atoms with van der Waals surface area (Å²) in [6.07, 6.45) is 3.42. The maximum atomic E-state index is 12.5. The van der Waals surface area contributed by atoms with Gasteiger partial charge in [-0.05, 0) is 35.9 Å². The Bertz CT molecular complexity index is 910. The molecule has 0 unspecified atom stereocenters. The lowest BCUT2D eigenvalue weighted by molar-refractivity contribution is 0.104. The van der Waals surface area contributed by atoms with Gasteiger partial charge in [0.1, 0.15) is 0 Å². The summed E-state index contributed by atoms with van der Waals surface area (Å²) in [5, 5.41) is 0. The maximum absolute atomic E-state index is 12.5. The number of ketones is 1. The number of allylic oxidation sites excluding steroid dienone is 1. The van der Waals surface area contributed by atoms with Gasteiger partial charge in [0.2, 0.25) is 0 Å². The third-order valence-corrected chi connectivity index (χ3v) is 3.53. The van der Waals surface area contributed by atoms with E-state index in [1.165, 1.54) is 0 Å². The molecule has 24 heavy (non-hydrogen) atoms. The van der Waals surface area contributed by atoms with Crippen molar-refractivity contribution in [2.24, 2.45) is 0 Å². The first-order chi connectivity index (χ1) is 11.8. The number of rotatable bonds is 3. The second-order valence-corrected chi connectivity index (χ2v) is 5.27. The Morgan fingerprint density at radius 2 is 1.33 bits per heavy atom. The summed E-state index contributed by atoms with van der Waals surface area (Å²) < 4.78 is 0. The average Bonchev–Trinajstić information content (AvgIpc) is 2.66. The monoisotopic (exact) mass is 308 g/mol. The lowest BCUT2D eigenvalue weighted by atomic mass is 10.0. The number of carbonyl (C=O) groups is 1. The van der Waals surface area contributed by atoms with E-state index in [-0.39, 0.29) is 5.78 Å². The van der Waals surface area contributed by atoms with E-state index in [9.17, 15) is 4.79 Å². The molecule has 0 aliphatic heterocycles. The number of carbonyl (C=O) groups excluding carboxylic acids is 1. The summed E-state index contributed by atoms with van der Waals surface area (Å²) >= 11 is 0. The SMILES string of the molecule is O=C(/C=C/c1ccccc1)c1ccccc1C#Cc1ccccc1. The first-order valence-electron chi connectivity index (χ1n) is 7.76. The largest absolute Gasteiger partial charge is 0.289 e. The van der Waals surface area contributed by atoms with Gasteiger partial charge in [0.25, 0.3) is 0 Å². The van der Waals surface area contributed by atoms with Crippen LogP contribution in [0.2, 0.25) is 0 Å². The number of hydrogen-bond donors (Lipinski definition) is 0. The minimum atomic E-state index is -0.0446. The summed E-state index contributed by atoms with van der Waals surface area (Å²) in [5.41, 5.74) is 3.29. The van der Waals surface area contributed by atoms with E-state index in [1.54, 1.807) is 6.08 Å². The van der Waals surface area contributed by atoms with Crippen molar-refractivity contribution in [3.63, 3.8) is 0 Å². The zero-order valence-corrected chi connectivity index (χ0v) is 13.1. The molecule has 3 rings (SSSR count). The van der Waals surface area contributed by atoms with Gasteiger partial charge in [0.05, 0.1) is 0 Å². The topological polar surface area (TPSA) is 17.1 Å². The highest BCUT2D eigenvalue weighted by Gasteiger charge is 2.06. The van der Waals surface area contributed by atoms with E-state index >= 15 is 0 Å². The molecule has 3 aromatic carbocycles. The summed E-state index contributed by atoms with van der Waals surface area (Å²) in [4.78, 5) is 12.5. The molecule has 114 valence electrons. The van der Waals surface area contributed by atoms with Crippen molar-refractivity contribution in [3.05, 3.63) is 113 Å². The van der Waals surface area contributed by atoms with Gasteiger partial charge in [-0.1, -0.05) is 78.6 Å². The van der Waals surface area contributed by atoms with Crippen LogP contribution >= 0.6 is 0 Å². The minimum Gasteiger partial charge on any atom is -0.289 e. The standard InChI is InChI=1S/C23H16O/c24-23(18-16-20-11-5-2-6-12-20)22-14-8-7-13-21(22)17-15-19-9-3-1-4-10-19/h1-14,16,18H/b18-16+. The third kappa shape index (κ3) is 4.09. The van der Waals surface area contributed by atoms with Gasteiger partial charge in [-0.3, -0.25) is 4.79 Å². The van der Waals surface area contributed by atoms with Crippen LogP contribution in [-0.2, 0) is 0 Å². The van der Waals surface area contributed by atoms with Crippen LogP contribution in [0.1, 0.15) is 27.0 Å². The number of benzene rings is 3. The Hall–Kier alpha value is -3.37. The van der Waals surface area contributed by atoms with Crippen molar-refractivity contribution in [2.75, 3.05) is 0 Å². The van der Waals surface area contributed by atoms with Crippen molar-refractivity contribution in [1.82, 2.24) is 0 Å². The van der Waals surface area contributed by atoms with Crippen LogP contribution in [0.5, 0.6) is 0 Å². The predicted octanol–water partition coefficient (Wildman–Crippen LogP) is 4.98. The molecule has 0 atom stereocenters. The van der Waals surface area contributed by atoms with Crippen LogP contribution in [0.15, 0.2) is 91.0 Å². The van der Waals surface area contributed by atoms with Gasteiger partial charge in [0.15, 0.2) is 5.78 Å². The molecule has 1 heteroatoms. The zero-order valence-electron chi connectivity index (χ0n) is 13.1. The van der Waals surface area contributed by atoms with Crippen LogP contribution in [0.3, 0.4) is 0 Å². The Morgan fingerprint density at radius 3 is 2.08 bits per heavy atom. The summed E-state index contributed by atoms with van der Waals surface area (Å²) in [6, 6.07) is 27.0. The van der Waals surface area contributed by atoms with Crippen LogP contribution in [0, 0.1) is 11.8 Å². The fourth-order valence-electron chi connectivity index (χ4n) is 2.29. The second kappa shape index (κ2) is 7.76. The molecular formula is C23H16O. The molecule has 0 fully saturated rings. The molecule has 0 radical (unpaired) electrons. The van der Waals surface area contributed by atoms with E-state index in [4.69, 9.17) is 0 Å². The maximum Gasteiger partial charge on any atom is 0.187 e. The van der Waals surface area contributed by atoms with Gasteiger partial charge in [-0.25, -0.2) is 0 Å². The molecular weight excluding hydrogens is 292 g/mol. The fourth-order valence-corrected chi connectivity index (χ4v) is 2.29. The highest BCUT2D eigenvalue weighted by Crippen LogP contribution is 2.11. The van der Waals surface area contributed by atoms with Crippen LogP contribution < -0.4 is 0 Å². The molecule has 3 aromatic rings. The zero-order chi connectivity index (χ0) is 16.6. The van der Waals surface area contributed by atoms with Crippen molar-refractivity contribution in [2.45, 2.75) is 0 Å². The van der Waals surface area contributed by atoms with Crippen LogP contribution in [0.25, 0.3) is 6.08 Å². The van der Waals surface area contributed by atoms with Crippen LogP contribution in [-0.4, -0.2) is 5.78 Å². The molecule has 0 bridgehead atoms. The van der Waals surface area contributed by atoms with Crippen molar-refractivity contribution in [1.29, 1.82) is 0 Å². The number of hydrogen-bond acceptors (Lipinski definition) is 1. The first-order valence-corrected chi connectivity index (χ1v) is 7.76. The highest BCUT2D eigenvalue weighted by atomic mass is 16.1. The Morgan fingerprint density at radius 1 is 0.708 bits per heavy atom. The summed E-state index contributed by atoms with van der Waals surface area (Å²) in [7, 11) is 0. The molecule has 0 spiro atoms. The molecule has 0 saturated heterocycles. The van der Waals surface area contributed by atoms with E-state index in [0.29, 0.717) is 5.56 Å². The van der Waals surface area contributed by atoms with Crippen molar-refractivity contribution >= 4 is 11.9 Å². The first kappa shape index (κ1) is 15.5. The van der Waals surface area contributed by atoms with E-state index in [2.05, 4.69) is 11.8 Å². The molecule has 0 saturated carbocycles. The highest BCUT2D eigenvalue weighted by molar-refractivity contribution is 6.08. The molecule has 1 nitrogen and oxygen atoms in total. The average molecular weight is 308 g/mol. The smallest absolute Gasteiger partial charge is 0.187 e. The molecule has 0 amide bonds. The lowest BCUT2D eigenvalue weighted by Gasteiger charge is -2.00. The van der Waals surface area contributed by atoms with Gasteiger partial charge in [0, 0.05) is 16.7 Å². The predicted molar refractivity (Wildman–Crippen MR) is 98.7 cm³/mol. The van der Waals surface area contributed by atoms with Crippen molar-refractivity contribution in [3.8, 4) is 11.8 Å². The molecule has 0 aliphatic rings. The fraction of sp³-hybridized carbons (Fsp3) is 0. The second-order valence-electron chi connectivity index (χ2n) is 5.27. The molecule has 0 aromatic heterocycles. The summed E-state index contributed by atoms with van der Waals surface area (Å²) in [5.74, 6) is 6.16. The minimum absolute atomic E-state index is 0.0446. The van der Waals surface area contributed by atoms with Gasteiger partial charge in [-0.2, -0.15) is 0 Å². The van der Waals surface area contributed by atoms with Crippen LogP contribution in [0.4, 0.5) is 0 Å². The van der Waals surface area contributed by atoms with Gasteiger partial charge in [-0.15, -0.1) is 0 Å². The van der Waals surface area contributed by atoms with E-state index < -0.39 is 0 Å². The Labute approximate surface area is 142 Å². The Kier molecular flexibility index (Phi) is 5.02. The molecule has 0 N–H and O–H groups in total. The molecule has 0 aliphatic carbocycles. The third-order valence-electron chi connectivity index (χ3n) is 3.53. The normalized spacial score (nSPS) is 10.2. The van der Waals surface area contributed by atoms with E-state index in [0.717, 1.165) is 16.7 Å². The van der Waals surface area contributed by atoms with Crippen molar-refractivity contribution < 1.29 is 4.79 Å². The van der Waals surface area contributed by atoms with Gasteiger partial charge < -0.3 is 0 Å². The van der Waals surface area contributed by atoms with Gasteiger partial charge >= 0.3 is 0 Å². The summed E-state index contributed by atoms with van der Waals surface area (Å²) in [6.45, 7) is 0.